The van der Waals surface area contributed by atoms with Crippen LogP contribution in [0.25, 0.3) is 0 Å². The number of sulfonamides is 1. The summed E-state index contributed by atoms with van der Waals surface area (Å²) >= 11 is 0. The maximum atomic E-state index is 12.3. The van der Waals surface area contributed by atoms with Gasteiger partial charge in [-0.25, -0.2) is 8.42 Å². The summed E-state index contributed by atoms with van der Waals surface area (Å²) in [5.74, 6) is -0.413. The summed E-state index contributed by atoms with van der Waals surface area (Å²) in [5, 5.41) is 20.3. The molecule has 8 nitrogen and oxygen atoms in total. The van der Waals surface area contributed by atoms with Gasteiger partial charge in [0.1, 0.15) is 6.10 Å². The largest absolute Gasteiger partial charge is 0.396 e. The highest BCUT2D eigenvalue weighted by Gasteiger charge is 2.23. The van der Waals surface area contributed by atoms with Crippen LogP contribution < -0.4 is 4.89 Å². The Hall–Kier alpha value is -2.59. The molecule has 0 fully saturated rings. The van der Waals surface area contributed by atoms with Gasteiger partial charge in [-0.1, -0.05) is 41.3 Å². The zero-order chi connectivity index (χ0) is 19.9. The van der Waals surface area contributed by atoms with Crippen molar-refractivity contribution in [3.8, 4) is 0 Å². The van der Waals surface area contributed by atoms with E-state index in [0.29, 0.717) is 6.42 Å². The molecule has 0 bridgehead atoms. The molecule has 0 aromatic heterocycles. The standard InChI is InChI=1S/C18H20N2O6S/c1-2-18(15(13-21)12-14-6-4-3-5-7-14)26-19-27(24,25)17-10-8-16(9-11-17)20(22)23/h2-11,15,18-19,21H,1,12-13H2/t15-,18-/m1/s1. The summed E-state index contributed by atoms with van der Waals surface area (Å²) in [6.07, 6.45) is 1.10. The fourth-order valence-electron chi connectivity index (χ4n) is 2.45. The molecule has 0 spiro atoms. The maximum absolute atomic E-state index is 12.3. The summed E-state index contributed by atoms with van der Waals surface area (Å²) in [6, 6.07) is 13.8. The highest BCUT2D eigenvalue weighted by Crippen LogP contribution is 2.18. The van der Waals surface area contributed by atoms with Crippen molar-refractivity contribution in [2.24, 2.45) is 5.92 Å². The average molecular weight is 392 g/mol. The van der Waals surface area contributed by atoms with Gasteiger partial charge in [0, 0.05) is 24.7 Å². The van der Waals surface area contributed by atoms with Crippen molar-refractivity contribution in [3.05, 3.63) is 82.9 Å². The van der Waals surface area contributed by atoms with Crippen LogP contribution in [0.1, 0.15) is 5.56 Å². The van der Waals surface area contributed by atoms with Gasteiger partial charge in [0.25, 0.3) is 15.7 Å². The highest BCUT2D eigenvalue weighted by molar-refractivity contribution is 7.89. The van der Waals surface area contributed by atoms with E-state index in [9.17, 15) is 23.6 Å². The van der Waals surface area contributed by atoms with Crippen LogP contribution in [0, 0.1) is 16.0 Å². The van der Waals surface area contributed by atoms with Gasteiger partial charge >= 0.3 is 0 Å². The minimum absolute atomic E-state index is 0.181. The van der Waals surface area contributed by atoms with Gasteiger partial charge in [0.15, 0.2) is 0 Å². The number of nitrogens with zero attached hydrogens (tertiary/aromatic N) is 1. The number of benzene rings is 2. The third-order valence-corrected chi connectivity index (χ3v) is 5.13. The zero-order valence-corrected chi connectivity index (χ0v) is 15.2. The van der Waals surface area contributed by atoms with E-state index in [1.807, 2.05) is 35.2 Å². The van der Waals surface area contributed by atoms with E-state index in [-0.39, 0.29) is 17.2 Å². The molecule has 2 rings (SSSR count). The van der Waals surface area contributed by atoms with Crippen LogP contribution >= 0.6 is 0 Å². The number of nitrogens with one attached hydrogen (secondary N) is 1. The van der Waals surface area contributed by atoms with Crippen LogP contribution in [0.15, 0.2) is 72.1 Å². The van der Waals surface area contributed by atoms with Gasteiger partial charge in [0.05, 0.1) is 9.82 Å². The van der Waals surface area contributed by atoms with Crippen molar-refractivity contribution < 1.29 is 23.3 Å². The Balaban J connectivity index is 2.06. The van der Waals surface area contributed by atoms with Gasteiger partial charge in [-0.3, -0.25) is 15.0 Å². The molecule has 0 saturated carbocycles. The molecule has 0 aliphatic heterocycles. The number of rotatable bonds is 10. The predicted octanol–water partition coefficient (Wildman–Crippen LogP) is 2.21. The normalized spacial score (nSPS) is 13.7. The van der Waals surface area contributed by atoms with Crippen LogP contribution in [-0.4, -0.2) is 31.2 Å². The van der Waals surface area contributed by atoms with E-state index >= 15 is 0 Å². The molecular weight excluding hydrogens is 372 g/mol. The van der Waals surface area contributed by atoms with Gasteiger partial charge in [-0.15, -0.1) is 6.58 Å². The number of hydrogen-bond donors (Lipinski definition) is 2. The lowest BCUT2D eigenvalue weighted by Crippen LogP contribution is -2.35. The van der Waals surface area contributed by atoms with Crippen LogP contribution in [0.5, 0.6) is 0 Å². The lowest BCUT2D eigenvalue weighted by atomic mass is 9.95. The van der Waals surface area contributed by atoms with Crippen LogP contribution in [0.2, 0.25) is 0 Å². The molecule has 2 atom stereocenters. The maximum Gasteiger partial charge on any atom is 0.269 e. The molecule has 9 heteroatoms. The number of nitro groups is 1. The average Bonchev–Trinajstić information content (AvgIpc) is 2.68. The van der Waals surface area contributed by atoms with Crippen LogP contribution in [-0.2, 0) is 21.3 Å². The minimum atomic E-state index is -4.05. The number of aliphatic hydroxyl groups is 1. The quantitative estimate of drug-likeness (QED) is 0.363. The second-order valence-electron chi connectivity index (χ2n) is 5.79. The lowest BCUT2D eigenvalue weighted by Gasteiger charge is -2.23. The number of non-ortho nitro benzene ring substituents is 1. The zero-order valence-electron chi connectivity index (χ0n) is 14.4. The van der Waals surface area contributed by atoms with Crippen molar-refractivity contribution in [1.82, 2.24) is 4.89 Å². The third-order valence-electron chi connectivity index (χ3n) is 3.92. The predicted molar refractivity (Wildman–Crippen MR) is 99.2 cm³/mol. The molecule has 2 aromatic rings. The third kappa shape index (κ3) is 5.69. The Morgan fingerprint density at radius 1 is 1.19 bits per heavy atom. The van der Waals surface area contributed by atoms with Crippen LogP contribution in [0.3, 0.4) is 0 Å². The second-order valence-corrected chi connectivity index (χ2v) is 7.43. The van der Waals surface area contributed by atoms with Crippen molar-refractivity contribution in [2.45, 2.75) is 17.4 Å². The number of nitro benzene ring substituents is 1. The van der Waals surface area contributed by atoms with Crippen molar-refractivity contribution >= 4 is 15.7 Å². The first-order chi connectivity index (χ1) is 12.9. The fourth-order valence-corrected chi connectivity index (χ4v) is 3.28. The Morgan fingerprint density at radius 2 is 1.81 bits per heavy atom. The first kappa shape index (κ1) is 20.7. The highest BCUT2D eigenvalue weighted by atomic mass is 32.2. The minimum Gasteiger partial charge on any atom is -0.396 e. The topological polar surface area (TPSA) is 119 Å². The van der Waals surface area contributed by atoms with Gasteiger partial charge < -0.3 is 5.11 Å². The molecule has 0 unspecified atom stereocenters. The van der Waals surface area contributed by atoms with E-state index in [2.05, 4.69) is 6.58 Å². The molecular formula is C18H20N2O6S. The summed E-state index contributed by atoms with van der Waals surface area (Å²) in [5.41, 5.74) is 0.743. The number of aliphatic hydroxyl groups excluding tert-OH is 1. The van der Waals surface area contributed by atoms with Crippen LogP contribution in [0.4, 0.5) is 5.69 Å². The van der Waals surface area contributed by atoms with E-state index in [1.165, 1.54) is 6.08 Å². The lowest BCUT2D eigenvalue weighted by molar-refractivity contribution is -0.384. The first-order valence-corrected chi connectivity index (χ1v) is 9.55. The van der Waals surface area contributed by atoms with E-state index in [0.717, 1.165) is 29.8 Å². The molecule has 2 aromatic carbocycles. The SMILES string of the molecule is C=C[C@@H](ONS(=O)(=O)c1ccc([N+](=O)[O-])cc1)[C@@H](CO)Cc1ccccc1. The summed E-state index contributed by atoms with van der Waals surface area (Å²) < 4.78 is 24.6. The summed E-state index contributed by atoms with van der Waals surface area (Å²) in [6.45, 7) is 3.40. The molecule has 0 aliphatic carbocycles. The molecule has 0 radical (unpaired) electrons. The van der Waals surface area contributed by atoms with Gasteiger partial charge in [0.2, 0.25) is 0 Å². The molecule has 0 aliphatic rings. The van der Waals surface area contributed by atoms with E-state index in [1.54, 1.807) is 0 Å². The Bertz CT molecular complexity index is 868. The Kier molecular flexibility index (Phi) is 7.19. The summed E-state index contributed by atoms with van der Waals surface area (Å²) in [7, 11) is -4.05. The Labute approximate surface area is 157 Å². The van der Waals surface area contributed by atoms with Gasteiger partial charge in [-0.2, -0.15) is 0 Å². The fraction of sp³-hybridized carbons (Fsp3) is 0.222. The first-order valence-electron chi connectivity index (χ1n) is 8.06. The molecule has 0 heterocycles. The Morgan fingerprint density at radius 3 is 2.33 bits per heavy atom. The van der Waals surface area contributed by atoms with E-state index < -0.39 is 27.0 Å². The van der Waals surface area contributed by atoms with Crippen molar-refractivity contribution in [2.75, 3.05) is 6.61 Å². The van der Waals surface area contributed by atoms with Crippen molar-refractivity contribution in [1.29, 1.82) is 0 Å². The molecule has 27 heavy (non-hydrogen) atoms. The van der Waals surface area contributed by atoms with Crippen molar-refractivity contribution in [3.63, 3.8) is 0 Å². The molecule has 2 N–H and O–H groups in total. The molecule has 0 amide bonds. The second kappa shape index (κ2) is 9.38. The van der Waals surface area contributed by atoms with E-state index in [4.69, 9.17) is 4.84 Å². The number of hydrogen-bond acceptors (Lipinski definition) is 6. The monoisotopic (exact) mass is 392 g/mol. The van der Waals surface area contributed by atoms with Gasteiger partial charge in [-0.05, 0) is 24.1 Å². The smallest absolute Gasteiger partial charge is 0.269 e. The molecule has 0 saturated heterocycles. The summed E-state index contributed by atoms with van der Waals surface area (Å²) in [4.78, 5) is 17.1. The molecule has 144 valence electrons.